The summed E-state index contributed by atoms with van der Waals surface area (Å²) in [5.74, 6) is 1.31. The maximum atomic E-state index is 8.36. The highest BCUT2D eigenvalue weighted by Crippen LogP contribution is 2.28. The number of halogens is 3. The van der Waals surface area contributed by atoms with Gasteiger partial charge in [-0.1, -0.05) is 34.8 Å². The normalized spacial score (nSPS) is 10.7. The molecule has 0 aliphatic carbocycles. The van der Waals surface area contributed by atoms with Crippen molar-refractivity contribution in [2.24, 2.45) is 0 Å². The summed E-state index contributed by atoms with van der Waals surface area (Å²) in [5.41, 5.74) is 0.733. The van der Waals surface area contributed by atoms with E-state index in [-0.39, 0.29) is 0 Å². The molecular weight excluding hydrogens is 457 g/mol. The molecule has 0 radical (unpaired) electrons. The molecule has 0 spiro atoms. The third-order valence-corrected chi connectivity index (χ3v) is 4.21. The van der Waals surface area contributed by atoms with Crippen LogP contribution < -0.4 is 4.74 Å². The Kier molecular flexibility index (Phi) is 9.27. The fourth-order valence-electron chi connectivity index (χ4n) is 2.20. The highest BCUT2D eigenvalue weighted by molar-refractivity contribution is 6.35. The molecule has 8 nitrogen and oxygen atoms in total. The summed E-state index contributed by atoms with van der Waals surface area (Å²) in [5, 5.41) is 15.4. The smallest absolute Gasteiger partial charge is 0.291 e. The van der Waals surface area contributed by atoms with E-state index in [4.69, 9.17) is 59.6 Å². The van der Waals surface area contributed by atoms with Gasteiger partial charge in [-0.05, 0) is 42.5 Å². The molecular formula is C19H16Cl3N3O5. The molecule has 0 bridgehead atoms. The molecule has 1 N–H and O–H groups in total. The molecule has 0 atom stereocenters. The van der Waals surface area contributed by atoms with Gasteiger partial charge in [0.1, 0.15) is 24.7 Å². The Balaban J connectivity index is 0.000000735. The van der Waals surface area contributed by atoms with E-state index < -0.39 is 5.09 Å². The van der Waals surface area contributed by atoms with Gasteiger partial charge in [0.2, 0.25) is 0 Å². The molecule has 30 heavy (non-hydrogen) atoms. The molecule has 0 amide bonds. The second-order valence-corrected chi connectivity index (χ2v) is 6.80. The Bertz CT molecular complexity index is 976. The lowest BCUT2D eigenvalue weighted by Crippen LogP contribution is -2.07. The summed E-state index contributed by atoms with van der Waals surface area (Å²) >= 11 is 18.2. The number of nitrogens with zero attached hydrogens (tertiary/aromatic N) is 3. The first-order valence-corrected chi connectivity index (χ1v) is 9.47. The van der Waals surface area contributed by atoms with Crippen molar-refractivity contribution in [1.29, 1.82) is 0 Å². The average Bonchev–Trinajstić information content (AvgIpc) is 3.19. The molecule has 11 heteroatoms. The average molecular weight is 473 g/mol. The number of aromatic nitrogens is 2. The van der Waals surface area contributed by atoms with Crippen molar-refractivity contribution >= 4 is 46.8 Å². The summed E-state index contributed by atoms with van der Waals surface area (Å²) in [7, 11) is 0. The molecule has 3 aromatic rings. The van der Waals surface area contributed by atoms with E-state index in [2.05, 4.69) is 4.98 Å². The number of ether oxygens (including phenoxy) is 2. The minimum Gasteiger partial charge on any atom is -0.490 e. The first kappa shape index (κ1) is 23.3. The molecule has 0 aliphatic rings. The van der Waals surface area contributed by atoms with Crippen molar-refractivity contribution in [1.82, 2.24) is 9.55 Å². The number of imidazole rings is 1. The molecule has 158 valence electrons. The highest BCUT2D eigenvalue weighted by Gasteiger charge is 2.10. The molecule has 0 saturated carbocycles. The number of hydrogen-bond donors (Lipinski definition) is 1. The molecule has 1 heterocycles. The van der Waals surface area contributed by atoms with Crippen molar-refractivity contribution in [3.8, 4) is 5.75 Å². The van der Waals surface area contributed by atoms with Gasteiger partial charge >= 0.3 is 0 Å². The van der Waals surface area contributed by atoms with Crippen molar-refractivity contribution in [3.63, 3.8) is 0 Å². The van der Waals surface area contributed by atoms with E-state index in [1.54, 1.807) is 65.9 Å². The quantitative estimate of drug-likeness (QED) is 0.209. The summed E-state index contributed by atoms with van der Waals surface area (Å²) in [6.45, 7) is 0.705. The largest absolute Gasteiger partial charge is 0.490 e. The van der Waals surface area contributed by atoms with Crippen LogP contribution in [-0.4, -0.2) is 33.1 Å². The van der Waals surface area contributed by atoms with Crippen LogP contribution in [0.25, 0.3) is 12.0 Å². The molecule has 0 aliphatic heterocycles. The molecule has 2 aromatic carbocycles. The second kappa shape index (κ2) is 11.9. The topological polar surface area (TPSA) is 99.7 Å². The Morgan fingerprint density at radius 1 is 1.13 bits per heavy atom. The van der Waals surface area contributed by atoms with Crippen LogP contribution in [0.4, 0.5) is 0 Å². The Morgan fingerprint density at radius 3 is 2.40 bits per heavy atom. The van der Waals surface area contributed by atoms with Crippen molar-refractivity contribution < 1.29 is 19.8 Å². The zero-order valence-corrected chi connectivity index (χ0v) is 17.6. The van der Waals surface area contributed by atoms with Crippen molar-refractivity contribution in [2.75, 3.05) is 13.2 Å². The zero-order chi connectivity index (χ0) is 21.9. The molecule has 1 aromatic heterocycles. The SMILES string of the molecule is Clc1ccc(OCCO/C(=C\n2ccnc2)c2ccc(Cl)cc2Cl)cc1.O=[N+]([O-])O. The van der Waals surface area contributed by atoms with Crippen LogP contribution in [0.2, 0.25) is 15.1 Å². The van der Waals surface area contributed by atoms with Gasteiger partial charge in [-0.25, -0.2) is 4.98 Å². The first-order valence-electron chi connectivity index (χ1n) is 8.34. The molecule has 0 fully saturated rings. The van der Waals surface area contributed by atoms with Gasteiger partial charge in [-0.3, -0.25) is 0 Å². The lowest BCUT2D eigenvalue weighted by atomic mass is 10.2. The van der Waals surface area contributed by atoms with Crippen LogP contribution in [0.1, 0.15) is 5.56 Å². The van der Waals surface area contributed by atoms with E-state index in [1.165, 1.54) is 0 Å². The fourth-order valence-corrected chi connectivity index (χ4v) is 2.82. The maximum Gasteiger partial charge on any atom is 0.291 e. The number of rotatable bonds is 7. The van der Waals surface area contributed by atoms with Crippen LogP contribution in [0.5, 0.6) is 5.75 Å². The highest BCUT2D eigenvalue weighted by atomic mass is 35.5. The standard InChI is InChI=1S/C19H15Cl3N2O2.HNO3/c20-14-1-4-16(5-2-14)25-9-10-26-19(12-24-8-7-23-13-24)17-6-3-15(21)11-18(17)22;2-1(3)4/h1-8,11-13H,9-10H2;(H,2,3,4)/b19-12-;. The third kappa shape index (κ3) is 8.20. The van der Waals surface area contributed by atoms with E-state index in [0.29, 0.717) is 34.0 Å². The van der Waals surface area contributed by atoms with E-state index >= 15 is 0 Å². The predicted molar refractivity (Wildman–Crippen MR) is 115 cm³/mol. The summed E-state index contributed by atoms with van der Waals surface area (Å²) in [6, 6.07) is 12.4. The zero-order valence-electron chi connectivity index (χ0n) is 15.3. The van der Waals surface area contributed by atoms with Crippen LogP contribution in [0.15, 0.2) is 61.2 Å². The van der Waals surface area contributed by atoms with Gasteiger partial charge in [0.15, 0.2) is 0 Å². The van der Waals surface area contributed by atoms with Crippen molar-refractivity contribution in [2.45, 2.75) is 0 Å². The molecule has 0 saturated heterocycles. The van der Waals surface area contributed by atoms with Gasteiger partial charge in [0, 0.05) is 28.0 Å². The lowest BCUT2D eigenvalue weighted by molar-refractivity contribution is -0.742. The van der Waals surface area contributed by atoms with E-state index in [1.807, 2.05) is 6.07 Å². The summed E-state index contributed by atoms with van der Waals surface area (Å²) in [6.07, 6.45) is 6.94. The van der Waals surface area contributed by atoms with Gasteiger partial charge in [0.25, 0.3) is 5.09 Å². The fraction of sp³-hybridized carbons (Fsp3) is 0.105. The van der Waals surface area contributed by atoms with Crippen LogP contribution in [-0.2, 0) is 4.74 Å². The maximum absolute atomic E-state index is 8.36. The minimum absolute atomic E-state index is 0.335. The van der Waals surface area contributed by atoms with Gasteiger partial charge < -0.3 is 19.2 Å². The van der Waals surface area contributed by atoms with Gasteiger partial charge in [-0.2, -0.15) is 0 Å². The van der Waals surface area contributed by atoms with Crippen molar-refractivity contribution in [3.05, 3.63) is 91.9 Å². The summed E-state index contributed by atoms with van der Waals surface area (Å²) in [4.78, 5) is 12.4. The first-order chi connectivity index (χ1) is 14.3. The monoisotopic (exact) mass is 471 g/mol. The van der Waals surface area contributed by atoms with Gasteiger partial charge in [0.05, 0.1) is 17.5 Å². The van der Waals surface area contributed by atoms with Crippen LogP contribution in [0.3, 0.4) is 0 Å². The van der Waals surface area contributed by atoms with E-state index in [0.717, 1.165) is 11.3 Å². The predicted octanol–water partition coefficient (Wildman–Crippen LogP) is 5.55. The van der Waals surface area contributed by atoms with E-state index in [9.17, 15) is 0 Å². The Morgan fingerprint density at radius 2 is 1.80 bits per heavy atom. The van der Waals surface area contributed by atoms with Gasteiger partial charge in [-0.15, -0.1) is 10.1 Å². The third-order valence-electron chi connectivity index (χ3n) is 3.41. The lowest BCUT2D eigenvalue weighted by Gasteiger charge is -2.13. The molecule has 0 unspecified atom stereocenters. The summed E-state index contributed by atoms with van der Waals surface area (Å²) < 4.78 is 13.3. The van der Waals surface area contributed by atoms with Crippen LogP contribution >= 0.6 is 34.8 Å². The van der Waals surface area contributed by atoms with Crippen LogP contribution in [0, 0.1) is 10.1 Å². The Hall–Kier alpha value is -2.94. The Labute approximate surface area is 186 Å². The molecule has 3 rings (SSSR count). The minimum atomic E-state index is -1.50. The number of hydrogen-bond acceptors (Lipinski definition) is 5. The number of benzene rings is 2. The second-order valence-electron chi connectivity index (χ2n) is 5.52.